The number of nitrogens with one attached hydrogen (secondary N) is 2. The van der Waals surface area contributed by atoms with Crippen molar-refractivity contribution in [1.82, 2.24) is 20.4 Å². The van der Waals surface area contributed by atoms with Crippen LogP contribution in [0.4, 0.5) is 8.78 Å². The Kier molecular flexibility index (Phi) is 7.68. The van der Waals surface area contributed by atoms with Crippen LogP contribution in [0, 0.1) is 0 Å². The van der Waals surface area contributed by atoms with Gasteiger partial charge in [0.05, 0.1) is 6.54 Å². The average Bonchev–Trinajstić information content (AvgIpc) is 3.09. The van der Waals surface area contributed by atoms with E-state index in [0.29, 0.717) is 12.5 Å². The Morgan fingerprint density at radius 2 is 2.20 bits per heavy atom. The number of aryl methyl sites for hydroxylation is 1. The Labute approximate surface area is 145 Å². The first kappa shape index (κ1) is 18.7. The summed E-state index contributed by atoms with van der Waals surface area (Å²) in [5.74, 6) is 0.822. The highest BCUT2D eigenvalue weighted by Gasteiger charge is 2.04. The number of rotatable bonds is 9. The Morgan fingerprint density at radius 3 is 2.92 bits per heavy atom. The molecule has 0 spiro atoms. The van der Waals surface area contributed by atoms with Crippen molar-refractivity contribution in [3.63, 3.8) is 0 Å². The van der Waals surface area contributed by atoms with Crippen molar-refractivity contribution in [2.24, 2.45) is 4.99 Å². The molecule has 1 aromatic heterocycles. The zero-order chi connectivity index (χ0) is 17.9. The monoisotopic (exact) mass is 351 g/mol. The lowest BCUT2D eigenvalue weighted by Crippen LogP contribution is -2.38. The van der Waals surface area contributed by atoms with E-state index in [2.05, 4.69) is 25.5 Å². The van der Waals surface area contributed by atoms with E-state index in [1.165, 1.54) is 6.07 Å². The molecule has 0 aliphatic heterocycles. The molecule has 0 fully saturated rings. The molecule has 136 valence electrons. The number of aromatic nitrogens is 2. The van der Waals surface area contributed by atoms with Gasteiger partial charge in [0.2, 0.25) is 0 Å². The lowest BCUT2D eigenvalue weighted by atomic mass is 10.2. The van der Waals surface area contributed by atoms with E-state index >= 15 is 0 Å². The zero-order valence-corrected chi connectivity index (χ0v) is 14.2. The maximum Gasteiger partial charge on any atom is 0.387 e. The van der Waals surface area contributed by atoms with E-state index < -0.39 is 6.61 Å². The lowest BCUT2D eigenvalue weighted by molar-refractivity contribution is -0.0498. The van der Waals surface area contributed by atoms with Crippen LogP contribution in [0.1, 0.15) is 18.9 Å². The maximum atomic E-state index is 12.3. The number of alkyl halides is 2. The minimum absolute atomic E-state index is 0.139. The molecule has 0 radical (unpaired) electrons. The predicted octanol–water partition coefficient (Wildman–Crippen LogP) is 2.63. The number of guanidine groups is 1. The van der Waals surface area contributed by atoms with E-state index in [9.17, 15) is 8.78 Å². The summed E-state index contributed by atoms with van der Waals surface area (Å²) < 4.78 is 30.8. The molecule has 0 amide bonds. The van der Waals surface area contributed by atoms with Crippen molar-refractivity contribution in [3.8, 4) is 5.75 Å². The molecule has 0 aliphatic rings. The fourth-order valence-electron chi connectivity index (χ4n) is 2.21. The number of hydrogen-bond donors (Lipinski definition) is 2. The molecule has 25 heavy (non-hydrogen) atoms. The van der Waals surface area contributed by atoms with Crippen LogP contribution in [0.5, 0.6) is 5.75 Å². The third kappa shape index (κ3) is 7.19. The summed E-state index contributed by atoms with van der Waals surface area (Å²) in [6, 6.07) is 8.45. The van der Waals surface area contributed by atoms with Gasteiger partial charge in [-0.3, -0.25) is 4.68 Å². The van der Waals surface area contributed by atoms with Gasteiger partial charge in [0.1, 0.15) is 5.75 Å². The van der Waals surface area contributed by atoms with Crippen LogP contribution in [0.2, 0.25) is 0 Å². The highest BCUT2D eigenvalue weighted by Crippen LogP contribution is 2.16. The predicted molar refractivity (Wildman–Crippen MR) is 92.7 cm³/mol. The van der Waals surface area contributed by atoms with Gasteiger partial charge in [0.15, 0.2) is 5.96 Å². The van der Waals surface area contributed by atoms with Crippen LogP contribution in [0.25, 0.3) is 0 Å². The van der Waals surface area contributed by atoms with Gasteiger partial charge in [-0.15, -0.1) is 0 Å². The summed E-state index contributed by atoms with van der Waals surface area (Å²) >= 11 is 0. The largest absolute Gasteiger partial charge is 0.435 e. The highest BCUT2D eigenvalue weighted by atomic mass is 19.3. The third-order valence-corrected chi connectivity index (χ3v) is 3.30. The van der Waals surface area contributed by atoms with Crippen molar-refractivity contribution in [2.45, 2.75) is 33.0 Å². The minimum Gasteiger partial charge on any atom is -0.435 e. The second kappa shape index (κ2) is 10.3. The number of benzene rings is 1. The van der Waals surface area contributed by atoms with Crippen LogP contribution >= 0.6 is 0 Å². The zero-order valence-electron chi connectivity index (χ0n) is 14.2. The molecule has 0 unspecified atom stereocenters. The molecule has 2 rings (SSSR count). The highest BCUT2D eigenvalue weighted by molar-refractivity contribution is 5.79. The van der Waals surface area contributed by atoms with E-state index in [1.807, 2.05) is 29.9 Å². The fraction of sp³-hybridized carbons (Fsp3) is 0.412. The normalized spacial score (nSPS) is 11.6. The molecule has 0 aliphatic carbocycles. The van der Waals surface area contributed by atoms with Gasteiger partial charge in [-0.2, -0.15) is 13.9 Å². The summed E-state index contributed by atoms with van der Waals surface area (Å²) in [7, 11) is 0. The van der Waals surface area contributed by atoms with Gasteiger partial charge in [-0.25, -0.2) is 4.99 Å². The molecule has 6 nitrogen and oxygen atoms in total. The molecule has 0 saturated heterocycles. The fourth-order valence-corrected chi connectivity index (χ4v) is 2.21. The molecule has 0 atom stereocenters. The molecule has 2 N–H and O–H groups in total. The van der Waals surface area contributed by atoms with E-state index in [4.69, 9.17) is 0 Å². The first-order valence-electron chi connectivity index (χ1n) is 8.20. The quantitative estimate of drug-likeness (QED) is 0.414. The van der Waals surface area contributed by atoms with Gasteiger partial charge >= 0.3 is 6.61 Å². The Balaban J connectivity index is 1.83. The summed E-state index contributed by atoms with van der Waals surface area (Å²) in [5.41, 5.74) is 0.798. The molecular weight excluding hydrogens is 328 g/mol. The molecule has 0 bridgehead atoms. The topological polar surface area (TPSA) is 63.5 Å². The third-order valence-electron chi connectivity index (χ3n) is 3.30. The van der Waals surface area contributed by atoms with Crippen LogP contribution < -0.4 is 15.4 Å². The minimum atomic E-state index is -2.83. The summed E-state index contributed by atoms with van der Waals surface area (Å²) in [6.07, 6.45) is 4.59. The molecule has 1 heterocycles. The standard InChI is InChI=1S/C17H23F2N5O/c1-2-20-17(21-8-4-10-24-11-5-9-23-24)22-13-14-6-3-7-15(12-14)25-16(18)19/h3,5-7,9,11-12,16H,2,4,8,10,13H2,1H3,(H2,20,21,22). The van der Waals surface area contributed by atoms with E-state index in [1.54, 1.807) is 18.3 Å². The number of ether oxygens (including phenoxy) is 1. The lowest BCUT2D eigenvalue weighted by Gasteiger charge is -2.11. The number of halogens is 2. The number of nitrogens with zero attached hydrogens (tertiary/aromatic N) is 3. The average molecular weight is 351 g/mol. The Bertz CT molecular complexity index is 646. The number of hydrogen-bond acceptors (Lipinski definition) is 3. The van der Waals surface area contributed by atoms with Crippen LogP contribution in [0.3, 0.4) is 0 Å². The smallest absolute Gasteiger partial charge is 0.387 e. The Hall–Kier alpha value is -2.64. The summed E-state index contributed by atoms with van der Waals surface area (Å²) in [5, 5.41) is 10.6. The molecule has 0 saturated carbocycles. The van der Waals surface area contributed by atoms with Crippen molar-refractivity contribution in [3.05, 3.63) is 48.3 Å². The summed E-state index contributed by atoms with van der Waals surface area (Å²) in [6.45, 7) is 1.84. The maximum absolute atomic E-state index is 12.3. The van der Waals surface area contributed by atoms with Crippen molar-refractivity contribution in [2.75, 3.05) is 13.1 Å². The molecular formula is C17H23F2N5O. The van der Waals surface area contributed by atoms with Gasteiger partial charge in [-0.05, 0) is 37.1 Å². The van der Waals surface area contributed by atoms with Gasteiger partial charge in [0.25, 0.3) is 0 Å². The van der Waals surface area contributed by atoms with Crippen molar-refractivity contribution < 1.29 is 13.5 Å². The van der Waals surface area contributed by atoms with Crippen LogP contribution in [-0.2, 0) is 13.1 Å². The van der Waals surface area contributed by atoms with Gasteiger partial charge in [-0.1, -0.05) is 12.1 Å². The summed E-state index contributed by atoms with van der Waals surface area (Å²) in [4.78, 5) is 4.47. The van der Waals surface area contributed by atoms with Crippen LogP contribution in [0.15, 0.2) is 47.7 Å². The first-order valence-corrected chi connectivity index (χ1v) is 8.20. The van der Waals surface area contributed by atoms with E-state index in [0.717, 1.165) is 31.6 Å². The molecule has 8 heteroatoms. The van der Waals surface area contributed by atoms with Crippen molar-refractivity contribution in [1.29, 1.82) is 0 Å². The first-order chi connectivity index (χ1) is 12.2. The second-order valence-electron chi connectivity index (χ2n) is 5.27. The SMILES string of the molecule is CCNC(=NCc1cccc(OC(F)F)c1)NCCCn1cccn1. The molecule has 2 aromatic rings. The second-order valence-corrected chi connectivity index (χ2v) is 5.27. The van der Waals surface area contributed by atoms with Crippen LogP contribution in [-0.4, -0.2) is 35.4 Å². The molecule has 1 aromatic carbocycles. The number of aliphatic imine (C=N–C) groups is 1. The van der Waals surface area contributed by atoms with Gasteiger partial charge < -0.3 is 15.4 Å². The Morgan fingerprint density at radius 1 is 1.32 bits per heavy atom. The van der Waals surface area contributed by atoms with Gasteiger partial charge in [0, 0.05) is 32.0 Å². The van der Waals surface area contributed by atoms with E-state index in [-0.39, 0.29) is 5.75 Å². The van der Waals surface area contributed by atoms with Crippen molar-refractivity contribution >= 4 is 5.96 Å².